The van der Waals surface area contributed by atoms with Crippen LogP contribution in [0, 0.1) is 0 Å². The van der Waals surface area contributed by atoms with E-state index in [1.807, 2.05) is 36.4 Å². The summed E-state index contributed by atoms with van der Waals surface area (Å²) in [5.74, 6) is 0. The lowest BCUT2D eigenvalue weighted by molar-refractivity contribution is 0.299. The number of nitrogen functional groups attached to an aromatic ring is 2. The normalized spacial score (nSPS) is 9.32. The summed E-state index contributed by atoms with van der Waals surface area (Å²) in [5.41, 5.74) is 16.2. The monoisotopic (exact) mass is 300 g/mol. The van der Waals surface area contributed by atoms with Gasteiger partial charge >= 0.3 is 0 Å². The van der Waals surface area contributed by atoms with Crippen molar-refractivity contribution in [1.82, 2.24) is 0 Å². The van der Waals surface area contributed by atoms with Crippen molar-refractivity contribution in [2.75, 3.05) is 18.1 Å². The van der Waals surface area contributed by atoms with Crippen LogP contribution < -0.4 is 11.5 Å². The molecule has 2 rings (SSSR count). The van der Waals surface area contributed by atoms with E-state index in [4.69, 9.17) is 16.6 Å². The lowest BCUT2D eigenvalue weighted by Gasteiger charge is -2.08. The van der Waals surface area contributed by atoms with Crippen molar-refractivity contribution in [2.45, 2.75) is 6.42 Å². The molecule has 0 amide bonds. The number of rotatable bonds is 3. The van der Waals surface area contributed by atoms with E-state index in [1.165, 1.54) is 0 Å². The number of anilines is 2. The van der Waals surface area contributed by atoms with Gasteiger partial charge in [-0.15, -0.1) is 24.8 Å². The first-order valence-corrected chi connectivity index (χ1v) is 5.56. The lowest BCUT2D eigenvalue weighted by Crippen LogP contribution is -1.94. The van der Waals surface area contributed by atoms with E-state index in [2.05, 4.69) is 0 Å². The number of halogens is 2. The summed E-state index contributed by atoms with van der Waals surface area (Å²) >= 11 is 0. The van der Waals surface area contributed by atoms with Crippen LogP contribution in [-0.2, 0) is 6.42 Å². The van der Waals surface area contributed by atoms with E-state index in [-0.39, 0.29) is 31.4 Å². The second-order valence-electron chi connectivity index (χ2n) is 4.02. The first-order valence-electron chi connectivity index (χ1n) is 5.56. The van der Waals surface area contributed by atoms with E-state index in [9.17, 15) is 0 Å². The largest absolute Gasteiger partial charge is 0.399 e. The molecule has 3 nitrogen and oxygen atoms in total. The highest BCUT2D eigenvalue weighted by atomic mass is 35.5. The molecule has 5 N–H and O–H groups in total. The zero-order chi connectivity index (χ0) is 12.3. The Balaban J connectivity index is 0.00000162. The first-order chi connectivity index (χ1) is 8.20. The molecule has 0 unspecified atom stereocenters. The van der Waals surface area contributed by atoms with Gasteiger partial charge in [0.15, 0.2) is 0 Å². The van der Waals surface area contributed by atoms with Crippen LogP contribution in [0.4, 0.5) is 11.4 Å². The Bertz CT molecular complexity index is 515. The second kappa shape index (κ2) is 7.89. The lowest BCUT2D eigenvalue weighted by atomic mass is 10.0. The second-order valence-corrected chi connectivity index (χ2v) is 4.02. The van der Waals surface area contributed by atoms with Crippen LogP contribution in [0.2, 0.25) is 0 Å². The van der Waals surface area contributed by atoms with Gasteiger partial charge in [0.25, 0.3) is 0 Å². The zero-order valence-electron chi connectivity index (χ0n) is 10.4. The molecule has 0 saturated carbocycles. The van der Waals surface area contributed by atoms with Crippen molar-refractivity contribution in [2.24, 2.45) is 0 Å². The Morgan fingerprint density at radius 3 is 2.11 bits per heavy atom. The van der Waals surface area contributed by atoms with Gasteiger partial charge in [-0.1, -0.05) is 24.3 Å². The molecule has 2 aromatic rings. The summed E-state index contributed by atoms with van der Waals surface area (Å²) in [4.78, 5) is 0. The van der Waals surface area contributed by atoms with Gasteiger partial charge in [0.2, 0.25) is 0 Å². The van der Waals surface area contributed by atoms with Gasteiger partial charge in [-0.05, 0) is 35.7 Å². The van der Waals surface area contributed by atoms with Crippen LogP contribution in [0.15, 0.2) is 42.5 Å². The summed E-state index contributed by atoms with van der Waals surface area (Å²) in [7, 11) is 0. The predicted octanol–water partition coefficient (Wildman–Crippen LogP) is 2.90. The summed E-state index contributed by atoms with van der Waals surface area (Å²) in [6.07, 6.45) is 0.673. The Hall–Kier alpha value is -1.42. The molecule has 0 radical (unpaired) electrons. The van der Waals surface area contributed by atoms with Crippen LogP contribution in [-0.4, -0.2) is 11.7 Å². The number of nitrogens with two attached hydrogens (primary N) is 2. The summed E-state index contributed by atoms with van der Waals surface area (Å²) in [5, 5.41) is 8.85. The van der Waals surface area contributed by atoms with Crippen LogP contribution >= 0.6 is 24.8 Å². The highest BCUT2D eigenvalue weighted by molar-refractivity contribution is 5.85. The smallest absolute Gasteiger partial charge is 0.0471 e. The molecule has 0 spiro atoms. The highest BCUT2D eigenvalue weighted by Gasteiger charge is 2.03. The molecule has 0 heterocycles. The molecule has 0 aliphatic rings. The molecule has 0 fully saturated rings. The van der Waals surface area contributed by atoms with Gasteiger partial charge in [-0.25, -0.2) is 0 Å². The molecule has 5 heteroatoms. The molecule has 0 aliphatic carbocycles. The Kier molecular flexibility index (Phi) is 7.30. The first kappa shape index (κ1) is 17.6. The third-order valence-corrected chi connectivity index (χ3v) is 2.74. The van der Waals surface area contributed by atoms with E-state index < -0.39 is 0 Å². The van der Waals surface area contributed by atoms with E-state index in [0.29, 0.717) is 17.8 Å². The average Bonchev–Trinajstić information content (AvgIpc) is 2.34. The minimum atomic E-state index is 0. The molecule has 0 bridgehead atoms. The molecule has 0 aromatic heterocycles. The van der Waals surface area contributed by atoms with Crippen LogP contribution in [0.25, 0.3) is 11.1 Å². The fourth-order valence-electron chi connectivity index (χ4n) is 1.80. The fraction of sp³-hybridized carbons (Fsp3) is 0.143. The molecule has 0 saturated heterocycles. The summed E-state index contributed by atoms with van der Waals surface area (Å²) in [6.45, 7) is 0.166. The van der Waals surface area contributed by atoms with Crippen molar-refractivity contribution >= 4 is 36.2 Å². The van der Waals surface area contributed by atoms with Crippen LogP contribution in [0.5, 0.6) is 0 Å². The molecule has 104 valence electrons. The maximum atomic E-state index is 8.85. The fourth-order valence-corrected chi connectivity index (χ4v) is 1.80. The summed E-state index contributed by atoms with van der Waals surface area (Å²) in [6, 6.07) is 13.5. The average molecular weight is 301 g/mol. The standard InChI is InChI=1S/C14H16N2O.2ClH/c15-12-5-6-14(16)13(9-12)11-3-1-10(2-4-11)7-8-17;;/h1-6,9,17H,7-8,15-16H2;2*1H. The highest BCUT2D eigenvalue weighted by Crippen LogP contribution is 2.28. The Morgan fingerprint density at radius 1 is 0.895 bits per heavy atom. The van der Waals surface area contributed by atoms with E-state index in [1.54, 1.807) is 6.07 Å². The van der Waals surface area contributed by atoms with Gasteiger partial charge < -0.3 is 16.6 Å². The molecule has 2 aromatic carbocycles. The quantitative estimate of drug-likeness (QED) is 0.763. The van der Waals surface area contributed by atoms with E-state index >= 15 is 0 Å². The van der Waals surface area contributed by atoms with Gasteiger partial charge in [-0.3, -0.25) is 0 Å². The molecular formula is C14H18Cl2N2O. The van der Waals surface area contributed by atoms with E-state index in [0.717, 1.165) is 16.7 Å². The third kappa shape index (κ3) is 4.31. The molecule has 0 aliphatic heterocycles. The van der Waals surface area contributed by atoms with Gasteiger partial charge in [0.05, 0.1) is 0 Å². The van der Waals surface area contributed by atoms with Crippen molar-refractivity contribution in [3.63, 3.8) is 0 Å². The number of benzene rings is 2. The number of aliphatic hydroxyl groups is 1. The Labute approximate surface area is 125 Å². The van der Waals surface area contributed by atoms with Crippen molar-refractivity contribution in [1.29, 1.82) is 0 Å². The number of hydrogen-bond donors (Lipinski definition) is 3. The number of aliphatic hydroxyl groups excluding tert-OH is 1. The van der Waals surface area contributed by atoms with Gasteiger partial charge in [0.1, 0.15) is 0 Å². The topological polar surface area (TPSA) is 72.3 Å². The summed E-state index contributed by atoms with van der Waals surface area (Å²) < 4.78 is 0. The predicted molar refractivity (Wildman–Crippen MR) is 86.0 cm³/mol. The van der Waals surface area contributed by atoms with Crippen molar-refractivity contribution < 1.29 is 5.11 Å². The van der Waals surface area contributed by atoms with Crippen LogP contribution in [0.3, 0.4) is 0 Å². The Morgan fingerprint density at radius 2 is 1.53 bits per heavy atom. The van der Waals surface area contributed by atoms with Crippen molar-refractivity contribution in [3.8, 4) is 11.1 Å². The molecular weight excluding hydrogens is 283 g/mol. The van der Waals surface area contributed by atoms with Gasteiger partial charge in [0, 0.05) is 23.5 Å². The zero-order valence-corrected chi connectivity index (χ0v) is 12.0. The minimum absolute atomic E-state index is 0. The maximum Gasteiger partial charge on any atom is 0.0471 e. The number of hydrogen-bond acceptors (Lipinski definition) is 3. The van der Waals surface area contributed by atoms with Gasteiger partial charge in [-0.2, -0.15) is 0 Å². The molecule has 19 heavy (non-hydrogen) atoms. The van der Waals surface area contributed by atoms with Crippen molar-refractivity contribution in [3.05, 3.63) is 48.0 Å². The third-order valence-electron chi connectivity index (χ3n) is 2.74. The van der Waals surface area contributed by atoms with Crippen LogP contribution in [0.1, 0.15) is 5.56 Å². The molecule has 0 atom stereocenters. The maximum absolute atomic E-state index is 8.85. The SMILES string of the molecule is Cl.Cl.Nc1ccc(N)c(-c2ccc(CCO)cc2)c1. The minimum Gasteiger partial charge on any atom is -0.399 e.